The summed E-state index contributed by atoms with van der Waals surface area (Å²) in [6, 6.07) is 3.98. The zero-order chi connectivity index (χ0) is 20.0. The molecule has 0 fully saturated rings. The molecule has 0 radical (unpaired) electrons. The molecule has 0 aromatic carbocycles. The summed E-state index contributed by atoms with van der Waals surface area (Å²) in [6.45, 7) is 5.47. The van der Waals surface area contributed by atoms with Crippen LogP contribution in [0.4, 0.5) is 11.6 Å². The van der Waals surface area contributed by atoms with Crippen molar-refractivity contribution in [3.05, 3.63) is 47.5 Å². The first-order valence-electron chi connectivity index (χ1n) is 9.59. The summed E-state index contributed by atoms with van der Waals surface area (Å²) < 4.78 is 7.08. The second-order valence-electron chi connectivity index (χ2n) is 7.79. The molecule has 0 aliphatic carbocycles. The fourth-order valence-corrected chi connectivity index (χ4v) is 4.95. The molecule has 0 atom stereocenters. The largest absolute Gasteiger partial charge is 0.373 e. The molecule has 2 N–H and O–H groups in total. The van der Waals surface area contributed by atoms with Crippen molar-refractivity contribution in [2.45, 2.75) is 39.0 Å². The highest BCUT2D eigenvalue weighted by atomic mass is 32.1. The number of nitrogens with one attached hydrogen (secondary N) is 2. The van der Waals surface area contributed by atoms with Crippen LogP contribution in [-0.4, -0.2) is 32.6 Å². The quantitative estimate of drug-likeness (QED) is 0.527. The Bertz CT molecular complexity index is 1200. The Morgan fingerprint density at radius 2 is 2.10 bits per heavy atom. The number of ether oxygens (including phenoxy) is 1. The van der Waals surface area contributed by atoms with E-state index in [-0.39, 0.29) is 5.60 Å². The summed E-state index contributed by atoms with van der Waals surface area (Å²) >= 11 is 1.63. The normalized spacial score (nSPS) is 15.4. The molecule has 8 heteroatoms. The SMILES string of the molecule is CNc1nc2sc3c(NCc4cccnc4)ncnc3c2c2c1COC(C)(C)C2. The first-order chi connectivity index (χ1) is 14.1. The summed E-state index contributed by atoms with van der Waals surface area (Å²) in [5.74, 6) is 1.71. The predicted octanol–water partition coefficient (Wildman–Crippen LogP) is 4.14. The van der Waals surface area contributed by atoms with Gasteiger partial charge in [-0.3, -0.25) is 4.98 Å². The smallest absolute Gasteiger partial charge is 0.147 e. The van der Waals surface area contributed by atoms with E-state index in [1.807, 2.05) is 25.4 Å². The van der Waals surface area contributed by atoms with Crippen LogP contribution in [0.3, 0.4) is 0 Å². The van der Waals surface area contributed by atoms with Crippen molar-refractivity contribution >= 4 is 43.4 Å². The first-order valence-corrected chi connectivity index (χ1v) is 10.4. The molecular weight excluding hydrogens is 384 g/mol. The van der Waals surface area contributed by atoms with Gasteiger partial charge in [-0.2, -0.15) is 0 Å². The van der Waals surface area contributed by atoms with Crippen molar-refractivity contribution in [3.63, 3.8) is 0 Å². The van der Waals surface area contributed by atoms with Gasteiger partial charge < -0.3 is 15.4 Å². The van der Waals surface area contributed by atoms with Gasteiger partial charge in [0.05, 0.1) is 22.4 Å². The zero-order valence-corrected chi connectivity index (χ0v) is 17.4. The van der Waals surface area contributed by atoms with E-state index in [2.05, 4.69) is 39.4 Å². The summed E-state index contributed by atoms with van der Waals surface area (Å²) in [7, 11) is 1.90. The summed E-state index contributed by atoms with van der Waals surface area (Å²) in [5.41, 5.74) is 4.25. The van der Waals surface area contributed by atoms with E-state index in [4.69, 9.17) is 9.72 Å². The van der Waals surface area contributed by atoms with Crippen LogP contribution in [0.1, 0.15) is 30.5 Å². The molecule has 7 nitrogen and oxygen atoms in total. The van der Waals surface area contributed by atoms with E-state index in [1.54, 1.807) is 23.9 Å². The third kappa shape index (κ3) is 3.18. The molecule has 1 aliphatic heterocycles. The first kappa shape index (κ1) is 18.2. The summed E-state index contributed by atoms with van der Waals surface area (Å²) in [4.78, 5) is 19.2. The Labute approximate surface area is 172 Å². The lowest BCUT2D eigenvalue weighted by Crippen LogP contribution is -2.32. The maximum Gasteiger partial charge on any atom is 0.147 e. The number of fused-ring (bicyclic) bond motifs is 5. The Morgan fingerprint density at radius 3 is 2.90 bits per heavy atom. The number of hydrogen-bond donors (Lipinski definition) is 2. The Hall–Kier alpha value is -2.84. The van der Waals surface area contributed by atoms with Crippen LogP contribution in [0.25, 0.3) is 20.4 Å². The van der Waals surface area contributed by atoms with Crippen molar-refractivity contribution in [2.75, 3.05) is 17.7 Å². The second kappa shape index (κ2) is 6.89. The molecule has 29 heavy (non-hydrogen) atoms. The van der Waals surface area contributed by atoms with Gasteiger partial charge in [-0.1, -0.05) is 6.07 Å². The topological polar surface area (TPSA) is 84.9 Å². The fraction of sp³-hybridized carbons (Fsp3) is 0.333. The average molecular weight is 407 g/mol. The van der Waals surface area contributed by atoms with E-state index in [1.165, 1.54) is 5.56 Å². The van der Waals surface area contributed by atoms with E-state index >= 15 is 0 Å². The van der Waals surface area contributed by atoms with Crippen molar-refractivity contribution < 1.29 is 4.74 Å². The standard InChI is InChI=1S/C21H22N6OS/c1-21(2)7-13-14(10-28-21)18(22-3)27-20-15(13)16-17(29-20)19(26-11-25-16)24-9-12-5-4-6-23-8-12/h4-6,8,11H,7,9-10H2,1-3H3,(H,22,27)(H,24,25,26). The minimum atomic E-state index is -0.213. The number of nitrogens with zero attached hydrogens (tertiary/aromatic N) is 4. The second-order valence-corrected chi connectivity index (χ2v) is 8.79. The van der Waals surface area contributed by atoms with E-state index in [0.29, 0.717) is 13.2 Å². The number of pyridine rings is 2. The maximum absolute atomic E-state index is 6.06. The van der Waals surface area contributed by atoms with E-state index < -0.39 is 0 Å². The lowest BCUT2D eigenvalue weighted by atomic mass is 9.90. The van der Waals surface area contributed by atoms with Crippen LogP contribution in [0.2, 0.25) is 0 Å². The summed E-state index contributed by atoms with van der Waals surface area (Å²) in [5, 5.41) is 7.81. The number of anilines is 2. The lowest BCUT2D eigenvalue weighted by molar-refractivity contribution is -0.0394. The van der Waals surface area contributed by atoms with Gasteiger partial charge in [0.1, 0.15) is 22.8 Å². The monoisotopic (exact) mass is 406 g/mol. The Morgan fingerprint density at radius 1 is 1.21 bits per heavy atom. The summed E-state index contributed by atoms with van der Waals surface area (Å²) in [6.07, 6.45) is 6.08. The highest BCUT2D eigenvalue weighted by Crippen LogP contribution is 2.43. The molecule has 0 unspecified atom stereocenters. The number of hydrogen-bond acceptors (Lipinski definition) is 8. The molecule has 0 amide bonds. The third-order valence-electron chi connectivity index (χ3n) is 5.25. The molecule has 5 heterocycles. The average Bonchev–Trinajstić information content (AvgIpc) is 3.11. The number of thiophene rings is 1. The van der Waals surface area contributed by atoms with Crippen LogP contribution in [0.5, 0.6) is 0 Å². The molecule has 4 aromatic rings. The molecule has 0 saturated carbocycles. The fourth-order valence-electron chi connectivity index (χ4n) is 3.83. The van der Waals surface area contributed by atoms with Gasteiger partial charge in [0.25, 0.3) is 0 Å². The maximum atomic E-state index is 6.06. The minimum absolute atomic E-state index is 0.213. The molecule has 0 spiro atoms. The lowest BCUT2D eigenvalue weighted by Gasteiger charge is -2.33. The zero-order valence-electron chi connectivity index (χ0n) is 16.6. The third-order valence-corrected chi connectivity index (χ3v) is 6.33. The molecule has 0 saturated heterocycles. The van der Waals surface area contributed by atoms with Gasteiger partial charge in [0.15, 0.2) is 0 Å². The Kier molecular flexibility index (Phi) is 4.33. The van der Waals surface area contributed by atoms with E-state index in [0.717, 1.165) is 49.6 Å². The van der Waals surface area contributed by atoms with Gasteiger partial charge in [0.2, 0.25) is 0 Å². The van der Waals surface area contributed by atoms with Gasteiger partial charge in [-0.25, -0.2) is 15.0 Å². The number of aromatic nitrogens is 4. The van der Waals surface area contributed by atoms with Crippen LogP contribution in [-0.2, 0) is 24.3 Å². The molecular formula is C21H22N6OS. The van der Waals surface area contributed by atoms with Gasteiger partial charge in [-0.05, 0) is 31.0 Å². The number of rotatable bonds is 4. The Balaban J connectivity index is 1.66. The minimum Gasteiger partial charge on any atom is -0.373 e. The molecule has 1 aliphatic rings. The highest BCUT2D eigenvalue weighted by molar-refractivity contribution is 7.26. The van der Waals surface area contributed by atoms with E-state index in [9.17, 15) is 0 Å². The molecule has 4 aromatic heterocycles. The van der Waals surface area contributed by atoms with Crippen LogP contribution in [0, 0.1) is 0 Å². The van der Waals surface area contributed by atoms with Crippen molar-refractivity contribution in [1.82, 2.24) is 19.9 Å². The van der Waals surface area contributed by atoms with Gasteiger partial charge in [0, 0.05) is 43.4 Å². The van der Waals surface area contributed by atoms with Gasteiger partial charge in [-0.15, -0.1) is 11.3 Å². The molecule has 5 rings (SSSR count). The van der Waals surface area contributed by atoms with Crippen LogP contribution >= 0.6 is 11.3 Å². The van der Waals surface area contributed by atoms with Crippen LogP contribution < -0.4 is 10.6 Å². The van der Waals surface area contributed by atoms with Gasteiger partial charge >= 0.3 is 0 Å². The van der Waals surface area contributed by atoms with Crippen molar-refractivity contribution in [2.24, 2.45) is 0 Å². The predicted molar refractivity (Wildman–Crippen MR) is 116 cm³/mol. The highest BCUT2D eigenvalue weighted by Gasteiger charge is 2.31. The van der Waals surface area contributed by atoms with Crippen molar-refractivity contribution in [1.29, 1.82) is 0 Å². The van der Waals surface area contributed by atoms with Crippen LogP contribution in [0.15, 0.2) is 30.9 Å². The molecule has 0 bridgehead atoms. The van der Waals surface area contributed by atoms with Crippen molar-refractivity contribution in [3.8, 4) is 0 Å². The molecule has 148 valence electrons.